The fourth-order valence-corrected chi connectivity index (χ4v) is 7.47. The summed E-state index contributed by atoms with van der Waals surface area (Å²) in [5.41, 5.74) is -0.426. The molecule has 2 unspecified atom stereocenters. The third-order valence-corrected chi connectivity index (χ3v) is 9.55. The summed E-state index contributed by atoms with van der Waals surface area (Å²) in [7, 11) is 5.57. The number of pyridine rings is 1. The topological polar surface area (TPSA) is 75.2 Å². The van der Waals surface area contributed by atoms with E-state index in [0.717, 1.165) is 31.5 Å². The Morgan fingerprint density at radius 1 is 1.27 bits per heavy atom. The zero-order chi connectivity index (χ0) is 28.7. The van der Waals surface area contributed by atoms with Gasteiger partial charge in [0.05, 0.1) is 23.7 Å². The molecule has 5 rings (SSSR count). The zero-order valence-corrected chi connectivity index (χ0v) is 23.7. The van der Waals surface area contributed by atoms with Crippen molar-refractivity contribution in [3.05, 3.63) is 29.1 Å². The minimum Gasteiger partial charge on any atom is -0.379 e. The second-order valence-corrected chi connectivity index (χ2v) is 12.4. The Morgan fingerprint density at radius 2 is 2.08 bits per heavy atom. The van der Waals surface area contributed by atoms with Crippen molar-refractivity contribution in [2.45, 2.75) is 57.3 Å². The number of amides is 2. The van der Waals surface area contributed by atoms with Gasteiger partial charge in [0.25, 0.3) is 0 Å². The van der Waals surface area contributed by atoms with Gasteiger partial charge in [-0.1, -0.05) is 0 Å². The second-order valence-electron chi connectivity index (χ2n) is 12.4. The highest BCUT2D eigenvalue weighted by molar-refractivity contribution is 5.86. The summed E-state index contributed by atoms with van der Waals surface area (Å²) in [6.45, 7) is 3.40. The number of likely N-dealkylation sites (tertiary alicyclic amines) is 1. The largest absolute Gasteiger partial charge is 0.417 e. The number of fused-ring (bicyclic) bond motifs is 2. The van der Waals surface area contributed by atoms with Crippen LogP contribution in [0.15, 0.2) is 12.3 Å². The van der Waals surface area contributed by atoms with Crippen molar-refractivity contribution in [1.82, 2.24) is 19.7 Å². The molecular weight excluding hydrogens is 525 g/mol. The maximum absolute atomic E-state index is 14.4. The van der Waals surface area contributed by atoms with Crippen molar-refractivity contribution in [1.29, 1.82) is 0 Å². The van der Waals surface area contributed by atoms with Crippen LogP contribution in [0.1, 0.15) is 48.9 Å². The first-order chi connectivity index (χ1) is 19.0. The van der Waals surface area contributed by atoms with Crippen LogP contribution in [0.25, 0.3) is 0 Å². The molecule has 3 aliphatic heterocycles. The van der Waals surface area contributed by atoms with Gasteiger partial charge in [-0.3, -0.25) is 14.6 Å². The van der Waals surface area contributed by atoms with Gasteiger partial charge in [0.2, 0.25) is 11.8 Å². The van der Waals surface area contributed by atoms with E-state index in [1.54, 1.807) is 12.0 Å². The molecule has 0 radical (unpaired) electrons. The molecule has 5 atom stereocenters. The Morgan fingerprint density at radius 3 is 2.80 bits per heavy atom. The summed E-state index contributed by atoms with van der Waals surface area (Å²) >= 11 is 0. The number of hydrogen-bond acceptors (Lipinski definition) is 6. The number of aromatic nitrogens is 1. The molecule has 2 saturated heterocycles. The van der Waals surface area contributed by atoms with E-state index in [0.29, 0.717) is 81.7 Å². The summed E-state index contributed by atoms with van der Waals surface area (Å²) in [6.07, 6.45) is 0.674. The van der Waals surface area contributed by atoms with Crippen LogP contribution < -0.4 is 0 Å². The van der Waals surface area contributed by atoms with Crippen molar-refractivity contribution in [3.63, 3.8) is 0 Å². The molecule has 0 N–H and O–H groups in total. The monoisotopic (exact) mass is 566 g/mol. The molecule has 222 valence electrons. The van der Waals surface area contributed by atoms with E-state index in [1.165, 1.54) is 0 Å². The van der Waals surface area contributed by atoms with Gasteiger partial charge >= 0.3 is 6.18 Å². The molecule has 0 aromatic carbocycles. The first-order valence-electron chi connectivity index (χ1n) is 14.4. The van der Waals surface area contributed by atoms with Gasteiger partial charge < -0.3 is 24.2 Å². The number of carbonyl (C=O) groups is 2. The van der Waals surface area contributed by atoms with Crippen LogP contribution in [0.2, 0.25) is 0 Å². The van der Waals surface area contributed by atoms with Gasteiger partial charge in [0, 0.05) is 71.2 Å². The molecule has 0 bridgehead atoms. The highest BCUT2D eigenvalue weighted by Gasteiger charge is 2.59. The van der Waals surface area contributed by atoms with E-state index in [9.17, 15) is 22.8 Å². The molecule has 0 spiro atoms. The summed E-state index contributed by atoms with van der Waals surface area (Å²) < 4.78 is 51.4. The first-order valence-corrected chi connectivity index (χ1v) is 14.4. The molecule has 4 heterocycles. The predicted molar refractivity (Wildman–Crippen MR) is 141 cm³/mol. The number of methoxy groups -OCH3 is 1. The Balaban J connectivity index is 1.36. The van der Waals surface area contributed by atoms with Crippen molar-refractivity contribution in [3.8, 4) is 0 Å². The summed E-state index contributed by atoms with van der Waals surface area (Å²) in [4.78, 5) is 37.1. The van der Waals surface area contributed by atoms with Gasteiger partial charge in [-0.25, -0.2) is 0 Å². The van der Waals surface area contributed by atoms with Gasteiger partial charge in [-0.2, -0.15) is 13.2 Å². The van der Waals surface area contributed by atoms with E-state index in [1.807, 2.05) is 23.9 Å². The van der Waals surface area contributed by atoms with Crippen LogP contribution in [-0.4, -0.2) is 98.2 Å². The van der Waals surface area contributed by atoms with Crippen molar-refractivity contribution < 1.29 is 32.2 Å². The minimum atomic E-state index is -4.49. The highest BCUT2D eigenvalue weighted by Crippen LogP contribution is 2.54. The van der Waals surface area contributed by atoms with Crippen molar-refractivity contribution in [2.75, 3.05) is 60.6 Å². The lowest BCUT2D eigenvalue weighted by atomic mass is 9.78. The van der Waals surface area contributed by atoms with Crippen molar-refractivity contribution in [2.24, 2.45) is 23.2 Å². The number of alkyl halides is 3. The van der Waals surface area contributed by atoms with E-state index in [2.05, 4.69) is 4.98 Å². The average Bonchev–Trinajstić information content (AvgIpc) is 3.45. The van der Waals surface area contributed by atoms with Crippen LogP contribution in [0, 0.1) is 23.2 Å². The van der Waals surface area contributed by atoms with Crippen molar-refractivity contribution >= 4 is 11.8 Å². The maximum atomic E-state index is 14.4. The number of hydrogen-bond donors (Lipinski definition) is 0. The SMILES string of the molecule is COC1COCCC1C[C@@H]1C[C@H]2CN(C(=O)CCN(C)C)C[C@@]2(C(=O)N2CCc3ncc(C(F)(F)F)cc3C2)C1. The van der Waals surface area contributed by atoms with Crippen LogP contribution in [-0.2, 0) is 38.2 Å². The third-order valence-electron chi connectivity index (χ3n) is 9.55. The Kier molecular flexibility index (Phi) is 8.46. The minimum absolute atomic E-state index is 0.0266. The first kappa shape index (κ1) is 29.3. The standard InChI is InChI=1S/C29H41F3N4O4/c1-34(2)7-5-26(37)36-16-23-11-19(10-20-6-9-40-17-25(20)39-3)13-28(23,18-36)27(38)35-8-4-24-21(15-35)12-22(14-33-24)29(30,31)32/h12,14,19-20,23,25H,4-11,13,15-18H2,1-3H3/t19-,20?,23+,25?,28+/m1/s1. The quantitative estimate of drug-likeness (QED) is 0.505. The molecule has 8 nitrogen and oxygen atoms in total. The van der Waals surface area contributed by atoms with E-state index >= 15 is 0 Å². The molecule has 2 amide bonds. The van der Waals surface area contributed by atoms with Gasteiger partial charge in [-0.15, -0.1) is 0 Å². The normalized spacial score (nSPS) is 30.5. The van der Waals surface area contributed by atoms with Gasteiger partial charge in [-0.05, 0) is 69.2 Å². The van der Waals surface area contributed by atoms with E-state index in [-0.39, 0.29) is 30.4 Å². The van der Waals surface area contributed by atoms with E-state index < -0.39 is 17.2 Å². The molecule has 11 heteroatoms. The number of halogens is 3. The zero-order valence-electron chi connectivity index (χ0n) is 23.7. The summed E-state index contributed by atoms with van der Waals surface area (Å²) in [5, 5.41) is 0. The molecule has 1 aromatic heterocycles. The fourth-order valence-electron chi connectivity index (χ4n) is 7.47. The van der Waals surface area contributed by atoms with Gasteiger partial charge in [0.1, 0.15) is 0 Å². The molecule has 40 heavy (non-hydrogen) atoms. The smallest absolute Gasteiger partial charge is 0.379 e. The number of rotatable bonds is 7. The molecule has 1 aliphatic carbocycles. The number of ether oxygens (including phenoxy) is 2. The van der Waals surface area contributed by atoms with E-state index in [4.69, 9.17) is 9.47 Å². The fraction of sp³-hybridized carbons (Fsp3) is 0.759. The number of nitrogens with zero attached hydrogens (tertiary/aromatic N) is 4. The van der Waals surface area contributed by atoms with Crippen LogP contribution >= 0.6 is 0 Å². The summed E-state index contributed by atoms with van der Waals surface area (Å²) in [5.74, 6) is 0.751. The lowest BCUT2D eigenvalue weighted by Crippen LogP contribution is -2.49. The molecule has 3 fully saturated rings. The van der Waals surface area contributed by atoms with Crippen LogP contribution in [0.4, 0.5) is 13.2 Å². The Labute approximate surface area is 234 Å². The lowest BCUT2D eigenvalue weighted by Gasteiger charge is -2.37. The average molecular weight is 567 g/mol. The Bertz CT molecular complexity index is 1100. The summed E-state index contributed by atoms with van der Waals surface area (Å²) in [6, 6.07) is 1.14. The highest BCUT2D eigenvalue weighted by atomic mass is 19.4. The van der Waals surface area contributed by atoms with Gasteiger partial charge in [0.15, 0.2) is 0 Å². The lowest BCUT2D eigenvalue weighted by molar-refractivity contribution is -0.144. The molecule has 1 aromatic rings. The molecule has 4 aliphatic rings. The maximum Gasteiger partial charge on any atom is 0.417 e. The second kappa shape index (κ2) is 11.6. The molecule has 1 saturated carbocycles. The predicted octanol–water partition coefficient (Wildman–Crippen LogP) is 3.23. The van der Waals surface area contributed by atoms with Crippen LogP contribution in [0.5, 0.6) is 0 Å². The van der Waals surface area contributed by atoms with Crippen LogP contribution in [0.3, 0.4) is 0 Å². The number of carbonyl (C=O) groups excluding carboxylic acids is 2. The third kappa shape index (κ3) is 5.87. The Hall–Kier alpha value is -2.24. The molecular formula is C29H41F3N4O4.